The largest absolute Gasteiger partial charge is 0.497 e. The number of urea groups is 1. The van der Waals surface area contributed by atoms with E-state index in [0.717, 1.165) is 11.3 Å². The molecule has 112 valence electrons. The molecule has 0 radical (unpaired) electrons. The second kappa shape index (κ2) is 7.78. The maximum absolute atomic E-state index is 11.9. The molecule has 0 saturated heterocycles. The van der Waals surface area contributed by atoms with Crippen molar-refractivity contribution in [2.45, 2.75) is 33.7 Å². The number of carbonyl (C=O) groups is 1. The van der Waals surface area contributed by atoms with Gasteiger partial charge < -0.3 is 15.4 Å². The first-order valence-electron chi connectivity index (χ1n) is 7.12. The van der Waals surface area contributed by atoms with E-state index < -0.39 is 0 Å². The zero-order valence-corrected chi connectivity index (χ0v) is 13.1. The molecule has 0 aliphatic rings. The van der Waals surface area contributed by atoms with Crippen molar-refractivity contribution in [3.63, 3.8) is 0 Å². The molecular weight excluding hydrogens is 252 g/mol. The van der Waals surface area contributed by atoms with Gasteiger partial charge in [-0.05, 0) is 29.5 Å². The molecule has 4 nitrogen and oxygen atoms in total. The van der Waals surface area contributed by atoms with Crippen LogP contribution in [-0.4, -0.2) is 19.7 Å². The minimum atomic E-state index is -0.117. The Morgan fingerprint density at radius 2 is 1.75 bits per heavy atom. The van der Waals surface area contributed by atoms with Gasteiger partial charge in [-0.25, -0.2) is 4.79 Å². The van der Waals surface area contributed by atoms with Crippen LogP contribution in [0.25, 0.3) is 0 Å². The molecule has 0 aromatic heterocycles. The molecule has 1 rings (SSSR count). The maximum atomic E-state index is 11.9. The fourth-order valence-electron chi connectivity index (χ4n) is 1.94. The highest BCUT2D eigenvalue weighted by molar-refractivity contribution is 5.74. The predicted octanol–water partition coefficient (Wildman–Crippen LogP) is 3.35. The van der Waals surface area contributed by atoms with Gasteiger partial charge in [-0.2, -0.15) is 0 Å². The van der Waals surface area contributed by atoms with E-state index in [0.29, 0.717) is 18.4 Å². The average molecular weight is 278 g/mol. The van der Waals surface area contributed by atoms with Crippen LogP contribution in [0.2, 0.25) is 0 Å². The molecule has 0 saturated carbocycles. The van der Waals surface area contributed by atoms with E-state index in [4.69, 9.17) is 4.74 Å². The number of nitrogens with one attached hydrogen (secondary N) is 2. The van der Waals surface area contributed by atoms with Crippen LogP contribution in [0.1, 0.15) is 39.3 Å². The van der Waals surface area contributed by atoms with Crippen LogP contribution in [0.3, 0.4) is 0 Å². The second-order valence-corrected chi connectivity index (χ2v) is 5.74. The van der Waals surface area contributed by atoms with E-state index in [1.807, 2.05) is 24.3 Å². The summed E-state index contributed by atoms with van der Waals surface area (Å²) in [4.78, 5) is 11.9. The van der Waals surface area contributed by atoms with Crippen molar-refractivity contribution < 1.29 is 9.53 Å². The van der Waals surface area contributed by atoms with Gasteiger partial charge in [0.15, 0.2) is 0 Å². The first-order chi connectivity index (χ1) is 9.43. The second-order valence-electron chi connectivity index (χ2n) is 5.74. The Labute approximate surface area is 121 Å². The van der Waals surface area contributed by atoms with Gasteiger partial charge in [-0.15, -0.1) is 0 Å². The van der Waals surface area contributed by atoms with E-state index in [9.17, 15) is 4.79 Å². The van der Waals surface area contributed by atoms with Crippen molar-refractivity contribution >= 4 is 6.03 Å². The summed E-state index contributed by atoms with van der Waals surface area (Å²) in [5.74, 6) is 1.58. The summed E-state index contributed by atoms with van der Waals surface area (Å²) < 4.78 is 5.16. The van der Waals surface area contributed by atoms with Crippen LogP contribution >= 0.6 is 0 Å². The third-order valence-electron chi connectivity index (χ3n) is 3.10. The van der Waals surface area contributed by atoms with Gasteiger partial charge in [0.1, 0.15) is 5.75 Å². The number of ether oxygens (including phenoxy) is 1. The number of hydrogen-bond donors (Lipinski definition) is 2. The van der Waals surface area contributed by atoms with Gasteiger partial charge in [-0.1, -0.05) is 39.8 Å². The summed E-state index contributed by atoms with van der Waals surface area (Å²) in [6, 6.07) is 7.69. The molecule has 1 aromatic carbocycles. The number of benzene rings is 1. The van der Waals surface area contributed by atoms with E-state index >= 15 is 0 Å². The Hall–Kier alpha value is -1.71. The zero-order chi connectivity index (χ0) is 15.1. The van der Waals surface area contributed by atoms with Crippen molar-refractivity contribution in [2.24, 2.45) is 11.8 Å². The monoisotopic (exact) mass is 278 g/mol. The molecule has 2 amide bonds. The molecule has 0 spiro atoms. The molecule has 0 aliphatic heterocycles. The fraction of sp³-hybridized carbons (Fsp3) is 0.562. The van der Waals surface area contributed by atoms with E-state index in [1.54, 1.807) is 7.11 Å². The summed E-state index contributed by atoms with van der Waals surface area (Å²) >= 11 is 0. The quantitative estimate of drug-likeness (QED) is 0.838. The van der Waals surface area contributed by atoms with E-state index in [1.165, 1.54) is 0 Å². The lowest BCUT2D eigenvalue weighted by atomic mass is 9.96. The van der Waals surface area contributed by atoms with E-state index in [2.05, 4.69) is 38.3 Å². The Kier molecular flexibility index (Phi) is 6.36. The van der Waals surface area contributed by atoms with Gasteiger partial charge in [0, 0.05) is 6.54 Å². The summed E-state index contributed by atoms with van der Waals surface area (Å²) in [5.41, 5.74) is 1.08. The van der Waals surface area contributed by atoms with Gasteiger partial charge >= 0.3 is 6.03 Å². The Bertz CT molecular complexity index is 413. The summed E-state index contributed by atoms with van der Waals surface area (Å²) in [7, 11) is 1.65. The molecule has 0 fully saturated rings. The highest BCUT2D eigenvalue weighted by atomic mass is 16.5. The predicted molar refractivity (Wildman–Crippen MR) is 81.9 cm³/mol. The van der Waals surface area contributed by atoms with Crippen LogP contribution < -0.4 is 15.4 Å². The van der Waals surface area contributed by atoms with Crippen molar-refractivity contribution in [1.82, 2.24) is 10.6 Å². The van der Waals surface area contributed by atoms with Crippen LogP contribution in [0.4, 0.5) is 4.79 Å². The molecule has 1 unspecified atom stereocenters. The van der Waals surface area contributed by atoms with Crippen LogP contribution in [-0.2, 0) is 0 Å². The third-order valence-corrected chi connectivity index (χ3v) is 3.10. The molecule has 2 N–H and O–H groups in total. The lowest BCUT2D eigenvalue weighted by molar-refractivity contribution is 0.232. The Morgan fingerprint density at radius 1 is 1.15 bits per heavy atom. The Balaban J connectivity index is 2.70. The molecular formula is C16H26N2O2. The van der Waals surface area contributed by atoms with Crippen molar-refractivity contribution in [3.8, 4) is 5.75 Å². The van der Waals surface area contributed by atoms with Gasteiger partial charge in [-0.3, -0.25) is 0 Å². The standard InChI is InChI=1S/C16H26N2O2/c1-11(2)10-17-16(19)18-15(12(3)4)13-6-8-14(20-5)9-7-13/h6-9,11-12,15H,10H2,1-5H3,(H2,17,18,19). The van der Waals surface area contributed by atoms with Gasteiger partial charge in [0.25, 0.3) is 0 Å². The number of methoxy groups -OCH3 is 1. The topological polar surface area (TPSA) is 50.4 Å². The summed E-state index contributed by atoms with van der Waals surface area (Å²) in [6.45, 7) is 9.02. The lowest BCUT2D eigenvalue weighted by Gasteiger charge is -2.23. The average Bonchev–Trinajstić information content (AvgIpc) is 2.42. The zero-order valence-electron chi connectivity index (χ0n) is 13.1. The molecule has 20 heavy (non-hydrogen) atoms. The van der Waals surface area contributed by atoms with Crippen LogP contribution in [0.15, 0.2) is 24.3 Å². The highest BCUT2D eigenvalue weighted by Gasteiger charge is 2.18. The maximum Gasteiger partial charge on any atom is 0.315 e. The number of amides is 2. The number of rotatable bonds is 6. The van der Waals surface area contributed by atoms with E-state index in [-0.39, 0.29) is 12.1 Å². The smallest absolute Gasteiger partial charge is 0.315 e. The molecule has 0 aliphatic carbocycles. The fourth-order valence-corrected chi connectivity index (χ4v) is 1.94. The molecule has 1 aromatic rings. The molecule has 1 atom stereocenters. The summed E-state index contributed by atoms with van der Waals surface area (Å²) in [5, 5.41) is 5.92. The first kappa shape index (κ1) is 16.3. The molecule has 0 heterocycles. The highest BCUT2D eigenvalue weighted by Crippen LogP contribution is 2.23. The first-order valence-corrected chi connectivity index (χ1v) is 7.12. The van der Waals surface area contributed by atoms with Crippen LogP contribution in [0.5, 0.6) is 5.75 Å². The minimum absolute atomic E-state index is 0.00642. The lowest BCUT2D eigenvalue weighted by Crippen LogP contribution is -2.41. The Morgan fingerprint density at radius 3 is 2.20 bits per heavy atom. The minimum Gasteiger partial charge on any atom is -0.497 e. The molecule has 0 bridgehead atoms. The van der Waals surface area contributed by atoms with Gasteiger partial charge in [0.2, 0.25) is 0 Å². The van der Waals surface area contributed by atoms with Crippen molar-refractivity contribution in [3.05, 3.63) is 29.8 Å². The van der Waals surface area contributed by atoms with Crippen molar-refractivity contribution in [2.75, 3.05) is 13.7 Å². The number of carbonyl (C=O) groups excluding carboxylic acids is 1. The number of hydrogen-bond acceptors (Lipinski definition) is 2. The van der Waals surface area contributed by atoms with Crippen LogP contribution in [0, 0.1) is 11.8 Å². The van der Waals surface area contributed by atoms with Gasteiger partial charge in [0.05, 0.1) is 13.2 Å². The summed E-state index contributed by atoms with van der Waals surface area (Å²) in [6.07, 6.45) is 0. The normalized spacial score (nSPS) is 12.3. The SMILES string of the molecule is COc1ccc(C(NC(=O)NCC(C)C)C(C)C)cc1. The van der Waals surface area contributed by atoms with Crippen molar-refractivity contribution in [1.29, 1.82) is 0 Å². The molecule has 4 heteroatoms. The third kappa shape index (κ3) is 5.11.